The van der Waals surface area contributed by atoms with Crippen molar-refractivity contribution in [1.82, 2.24) is 4.90 Å². The monoisotopic (exact) mass is 353 g/mol. The molecular formula is C15H16BrNO2S. The molecule has 0 aliphatic heterocycles. The Kier molecular flexibility index (Phi) is 5.20. The molecule has 0 radical (unpaired) electrons. The molecule has 3 nitrogen and oxygen atoms in total. The van der Waals surface area contributed by atoms with Crippen LogP contribution in [0.2, 0.25) is 0 Å². The number of benzene rings is 1. The predicted octanol–water partition coefficient (Wildman–Crippen LogP) is 3.97. The fourth-order valence-corrected chi connectivity index (χ4v) is 2.81. The summed E-state index contributed by atoms with van der Waals surface area (Å²) in [6.45, 7) is 3.08. The third-order valence-electron chi connectivity index (χ3n) is 2.88. The Labute approximate surface area is 131 Å². The predicted molar refractivity (Wildman–Crippen MR) is 85.7 cm³/mol. The van der Waals surface area contributed by atoms with E-state index in [1.54, 1.807) is 11.9 Å². The van der Waals surface area contributed by atoms with Gasteiger partial charge in [0.2, 0.25) is 0 Å². The van der Waals surface area contributed by atoms with E-state index < -0.39 is 0 Å². The number of carbonyl (C=O) groups is 1. The van der Waals surface area contributed by atoms with E-state index in [0.29, 0.717) is 18.7 Å². The Hall–Kier alpha value is -1.33. The third kappa shape index (κ3) is 4.08. The number of ether oxygens (including phenoxy) is 1. The van der Waals surface area contributed by atoms with Gasteiger partial charge in [0.25, 0.3) is 5.91 Å². The second kappa shape index (κ2) is 6.90. The zero-order chi connectivity index (χ0) is 14.5. The maximum absolute atomic E-state index is 12.1. The van der Waals surface area contributed by atoms with Crippen LogP contribution in [0.15, 0.2) is 39.5 Å². The highest BCUT2D eigenvalue weighted by molar-refractivity contribution is 9.11. The van der Waals surface area contributed by atoms with Crippen LogP contribution in [-0.4, -0.2) is 31.0 Å². The molecule has 0 aliphatic carbocycles. The Morgan fingerprint density at radius 3 is 2.65 bits per heavy atom. The number of halogens is 1. The normalized spacial score (nSPS) is 10.3. The van der Waals surface area contributed by atoms with Crippen LogP contribution in [0.5, 0.6) is 5.75 Å². The van der Waals surface area contributed by atoms with Gasteiger partial charge in [0.1, 0.15) is 12.4 Å². The Morgan fingerprint density at radius 2 is 2.05 bits per heavy atom. The number of hydrogen-bond acceptors (Lipinski definition) is 3. The van der Waals surface area contributed by atoms with Crippen molar-refractivity contribution in [2.75, 3.05) is 20.2 Å². The van der Waals surface area contributed by atoms with Crippen molar-refractivity contribution >= 4 is 33.2 Å². The van der Waals surface area contributed by atoms with E-state index in [0.717, 1.165) is 9.54 Å². The first-order valence-corrected chi connectivity index (χ1v) is 7.92. The standard InChI is InChI=1S/C15H16BrNO2S/c1-11-3-5-13(6-4-11)19-8-7-17(2)15(18)12-9-14(16)20-10-12/h3-6,9-10H,7-8H2,1-2H3. The summed E-state index contributed by atoms with van der Waals surface area (Å²) >= 11 is 4.87. The van der Waals surface area contributed by atoms with Gasteiger partial charge in [-0.15, -0.1) is 11.3 Å². The van der Waals surface area contributed by atoms with Crippen molar-refractivity contribution in [1.29, 1.82) is 0 Å². The zero-order valence-electron chi connectivity index (χ0n) is 11.4. The molecule has 0 spiro atoms. The molecule has 5 heteroatoms. The number of likely N-dealkylation sites (N-methyl/N-ethyl adjacent to an activating group) is 1. The van der Waals surface area contributed by atoms with Crippen molar-refractivity contribution in [3.05, 3.63) is 50.6 Å². The lowest BCUT2D eigenvalue weighted by Crippen LogP contribution is -2.30. The number of aryl methyl sites for hydroxylation is 1. The largest absolute Gasteiger partial charge is 0.492 e. The Bertz CT molecular complexity index is 580. The van der Waals surface area contributed by atoms with E-state index in [9.17, 15) is 4.79 Å². The summed E-state index contributed by atoms with van der Waals surface area (Å²) < 4.78 is 6.59. The summed E-state index contributed by atoms with van der Waals surface area (Å²) in [6.07, 6.45) is 0. The van der Waals surface area contributed by atoms with E-state index in [-0.39, 0.29) is 5.91 Å². The highest BCUT2D eigenvalue weighted by Crippen LogP contribution is 2.21. The fraction of sp³-hybridized carbons (Fsp3) is 0.267. The van der Waals surface area contributed by atoms with Crippen molar-refractivity contribution in [3.8, 4) is 5.75 Å². The second-order valence-corrected chi connectivity index (χ2v) is 6.82. The molecule has 0 unspecified atom stereocenters. The first-order chi connectivity index (χ1) is 9.56. The molecular weight excluding hydrogens is 338 g/mol. The van der Waals surface area contributed by atoms with E-state index in [1.807, 2.05) is 42.6 Å². The van der Waals surface area contributed by atoms with Crippen LogP contribution in [0.1, 0.15) is 15.9 Å². The van der Waals surface area contributed by atoms with Gasteiger partial charge in [0.05, 0.1) is 15.9 Å². The zero-order valence-corrected chi connectivity index (χ0v) is 13.8. The van der Waals surface area contributed by atoms with Crippen molar-refractivity contribution in [2.24, 2.45) is 0 Å². The molecule has 1 aromatic heterocycles. The van der Waals surface area contributed by atoms with Crippen LogP contribution < -0.4 is 4.74 Å². The molecule has 0 saturated heterocycles. The quantitative estimate of drug-likeness (QED) is 0.813. The van der Waals surface area contributed by atoms with Gasteiger partial charge in [-0.25, -0.2) is 0 Å². The highest BCUT2D eigenvalue weighted by atomic mass is 79.9. The van der Waals surface area contributed by atoms with Crippen LogP contribution in [0.4, 0.5) is 0 Å². The number of nitrogens with zero attached hydrogens (tertiary/aromatic N) is 1. The summed E-state index contributed by atoms with van der Waals surface area (Å²) in [5, 5.41) is 1.85. The van der Waals surface area contributed by atoms with Gasteiger partial charge in [-0.2, -0.15) is 0 Å². The SMILES string of the molecule is Cc1ccc(OCCN(C)C(=O)c2csc(Br)c2)cc1. The molecule has 0 saturated carbocycles. The summed E-state index contributed by atoms with van der Waals surface area (Å²) in [6, 6.07) is 9.73. The maximum Gasteiger partial charge on any atom is 0.254 e. The molecule has 20 heavy (non-hydrogen) atoms. The lowest BCUT2D eigenvalue weighted by Gasteiger charge is -2.16. The number of amides is 1. The molecule has 2 aromatic rings. The molecule has 1 heterocycles. The maximum atomic E-state index is 12.1. The summed E-state index contributed by atoms with van der Waals surface area (Å²) in [5.74, 6) is 0.842. The van der Waals surface area contributed by atoms with Crippen LogP contribution in [-0.2, 0) is 0 Å². The average Bonchev–Trinajstić information content (AvgIpc) is 2.86. The molecule has 106 valence electrons. The number of rotatable bonds is 5. The second-order valence-electron chi connectivity index (χ2n) is 4.53. The van der Waals surface area contributed by atoms with Crippen LogP contribution in [0, 0.1) is 6.92 Å². The first kappa shape index (κ1) is 15.1. The van der Waals surface area contributed by atoms with Crippen LogP contribution in [0.25, 0.3) is 0 Å². The smallest absolute Gasteiger partial charge is 0.254 e. The first-order valence-electron chi connectivity index (χ1n) is 6.25. The van der Waals surface area contributed by atoms with Gasteiger partial charge < -0.3 is 9.64 Å². The van der Waals surface area contributed by atoms with Crippen molar-refractivity contribution < 1.29 is 9.53 Å². The molecule has 0 aliphatic rings. The fourth-order valence-electron chi connectivity index (χ4n) is 1.68. The summed E-state index contributed by atoms with van der Waals surface area (Å²) in [4.78, 5) is 13.8. The van der Waals surface area contributed by atoms with Gasteiger partial charge in [-0.1, -0.05) is 17.7 Å². The lowest BCUT2D eigenvalue weighted by molar-refractivity contribution is 0.0774. The Morgan fingerprint density at radius 1 is 1.35 bits per heavy atom. The molecule has 0 bridgehead atoms. The minimum atomic E-state index is 0.0134. The molecule has 1 amide bonds. The number of thiophene rings is 1. The van der Waals surface area contributed by atoms with Crippen LogP contribution >= 0.6 is 27.3 Å². The van der Waals surface area contributed by atoms with Gasteiger partial charge in [0.15, 0.2) is 0 Å². The minimum Gasteiger partial charge on any atom is -0.492 e. The number of carbonyl (C=O) groups excluding carboxylic acids is 1. The average molecular weight is 354 g/mol. The van der Waals surface area contributed by atoms with Gasteiger partial charge >= 0.3 is 0 Å². The third-order valence-corrected chi connectivity index (χ3v) is 4.38. The van der Waals surface area contributed by atoms with Crippen molar-refractivity contribution in [2.45, 2.75) is 6.92 Å². The molecule has 0 N–H and O–H groups in total. The van der Waals surface area contributed by atoms with E-state index >= 15 is 0 Å². The number of hydrogen-bond donors (Lipinski definition) is 0. The van der Waals surface area contributed by atoms with E-state index in [4.69, 9.17) is 4.74 Å². The Balaban J connectivity index is 1.81. The van der Waals surface area contributed by atoms with Crippen LogP contribution in [0.3, 0.4) is 0 Å². The molecule has 0 fully saturated rings. The highest BCUT2D eigenvalue weighted by Gasteiger charge is 2.13. The van der Waals surface area contributed by atoms with Gasteiger partial charge in [-0.3, -0.25) is 4.79 Å². The van der Waals surface area contributed by atoms with Gasteiger partial charge in [0, 0.05) is 12.4 Å². The molecule has 2 rings (SSSR count). The molecule has 0 atom stereocenters. The summed E-state index contributed by atoms with van der Waals surface area (Å²) in [7, 11) is 1.78. The van der Waals surface area contributed by atoms with Crippen molar-refractivity contribution in [3.63, 3.8) is 0 Å². The van der Waals surface area contributed by atoms with E-state index in [1.165, 1.54) is 16.9 Å². The minimum absolute atomic E-state index is 0.0134. The topological polar surface area (TPSA) is 29.5 Å². The van der Waals surface area contributed by atoms with Gasteiger partial charge in [-0.05, 0) is 41.1 Å². The van der Waals surface area contributed by atoms with E-state index in [2.05, 4.69) is 15.9 Å². The molecule has 1 aromatic carbocycles. The summed E-state index contributed by atoms with van der Waals surface area (Å²) in [5.41, 5.74) is 1.91. The lowest BCUT2D eigenvalue weighted by atomic mass is 10.2.